The zero-order valence-electron chi connectivity index (χ0n) is 11.4. The van der Waals surface area contributed by atoms with E-state index in [9.17, 15) is 8.42 Å². The smallest absolute Gasteiger partial charge is 0.242 e. The zero-order valence-corrected chi connectivity index (χ0v) is 12.2. The monoisotopic (exact) mass is 282 g/mol. The molecule has 1 aromatic rings. The summed E-state index contributed by atoms with van der Waals surface area (Å²) in [6, 6.07) is 7.16. The Hall–Kier alpha value is -0.910. The lowest BCUT2D eigenvalue weighted by Crippen LogP contribution is -2.28. The molecular formula is C14H22N2O2S. The van der Waals surface area contributed by atoms with Gasteiger partial charge in [-0.25, -0.2) is 12.7 Å². The molecule has 0 atom stereocenters. The number of rotatable bonds is 7. The Balaban J connectivity index is 2.06. The fraction of sp³-hybridized carbons (Fsp3) is 0.571. The fourth-order valence-corrected chi connectivity index (χ4v) is 3.32. The number of nitrogens with two attached hydrogens (primary N) is 1. The number of hydrogen-bond donors (Lipinski definition) is 1. The topological polar surface area (TPSA) is 63.4 Å². The molecule has 4 nitrogen and oxygen atoms in total. The second kappa shape index (κ2) is 6.03. The van der Waals surface area contributed by atoms with Crippen LogP contribution < -0.4 is 5.73 Å². The van der Waals surface area contributed by atoms with E-state index in [4.69, 9.17) is 5.73 Å². The van der Waals surface area contributed by atoms with Gasteiger partial charge in [0.15, 0.2) is 0 Å². The fourth-order valence-electron chi connectivity index (χ4n) is 2.08. The molecule has 0 heterocycles. The summed E-state index contributed by atoms with van der Waals surface area (Å²) in [4.78, 5) is 0.382. The van der Waals surface area contributed by atoms with Crippen molar-refractivity contribution in [3.8, 4) is 0 Å². The molecule has 1 aromatic carbocycles. The highest BCUT2D eigenvalue weighted by atomic mass is 32.2. The molecule has 19 heavy (non-hydrogen) atoms. The first-order valence-electron chi connectivity index (χ1n) is 6.79. The Morgan fingerprint density at radius 1 is 1.26 bits per heavy atom. The van der Waals surface area contributed by atoms with Crippen LogP contribution in [0.4, 0.5) is 0 Å². The van der Waals surface area contributed by atoms with Crippen LogP contribution in [-0.4, -0.2) is 32.9 Å². The van der Waals surface area contributed by atoms with Crippen molar-refractivity contribution in [3.63, 3.8) is 0 Å². The molecule has 1 aliphatic rings. The van der Waals surface area contributed by atoms with Gasteiger partial charge in [-0.2, -0.15) is 0 Å². The first-order chi connectivity index (χ1) is 9.04. The Labute approximate surface area is 115 Å². The van der Waals surface area contributed by atoms with Crippen molar-refractivity contribution in [1.82, 2.24) is 4.31 Å². The second-order valence-electron chi connectivity index (χ2n) is 5.27. The van der Waals surface area contributed by atoms with Gasteiger partial charge in [0.25, 0.3) is 0 Å². The van der Waals surface area contributed by atoms with Crippen molar-refractivity contribution < 1.29 is 8.42 Å². The van der Waals surface area contributed by atoms with Crippen LogP contribution in [0.2, 0.25) is 0 Å². The largest absolute Gasteiger partial charge is 0.330 e. The van der Waals surface area contributed by atoms with Gasteiger partial charge in [-0.3, -0.25) is 0 Å². The van der Waals surface area contributed by atoms with Crippen LogP contribution in [0.3, 0.4) is 0 Å². The summed E-state index contributed by atoms with van der Waals surface area (Å²) < 4.78 is 26.1. The Morgan fingerprint density at radius 3 is 2.42 bits per heavy atom. The quantitative estimate of drug-likeness (QED) is 0.826. The number of aryl methyl sites for hydroxylation is 1. The third kappa shape index (κ3) is 3.78. The minimum atomic E-state index is -3.32. The summed E-state index contributed by atoms with van der Waals surface area (Å²) in [5.74, 6) is 0.559. The highest BCUT2D eigenvalue weighted by Gasteiger charge is 2.28. The third-order valence-electron chi connectivity index (χ3n) is 3.51. The number of benzene rings is 1. The van der Waals surface area contributed by atoms with E-state index >= 15 is 0 Å². The van der Waals surface area contributed by atoms with Crippen molar-refractivity contribution >= 4 is 10.0 Å². The minimum Gasteiger partial charge on any atom is -0.330 e. The summed E-state index contributed by atoms with van der Waals surface area (Å²) in [6.45, 7) is 1.29. The molecule has 0 unspecified atom stereocenters. The summed E-state index contributed by atoms with van der Waals surface area (Å²) in [5.41, 5.74) is 6.60. The van der Waals surface area contributed by atoms with Gasteiger partial charge in [0.2, 0.25) is 10.0 Å². The molecule has 2 rings (SSSR count). The number of nitrogens with zero attached hydrogens (tertiary/aromatic N) is 1. The average Bonchev–Trinajstić information content (AvgIpc) is 3.20. The number of sulfonamides is 1. The van der Waals surface area contributed by atoms with Crippen molar-refractivity contribution in [3.05, 3.63) is 29.8 Å². The molecule has 0 radical (unpaired) electrons. The van der Waals surface area contributed by atoms with E-state index in [-0.39, 0.29) is 0 Å². The number of hydrogen-bond acceptors (Lipinski definition) is 3. The van der Waals surface area contributed by atoms with Gasteiger partial charge in [-0.1, -0.05) is 12.1 Å². The van der Waals surface area contributed by atoms with E-state index in [2.05, 4.69) is 0 Å². The van der Waals surface area contributed by atoms with Crippen molar-refractivity contribution in [2.75, 3.05) is 20.1 Å². The normalized spacial score (nSPS) is 15.9. The summed E-state index contributed by atoms with van der Waals surface area (Å²) in [7, 11) is -1.66. The maximum absolute atomic E-state index is 12.3. The Morgan fingerprint density at radius 2 is 1.89 bits per heavy atom. The summed E-state index contributed by atoms with van der Waals surface area (Å²) in [6.07, 6.45) is 4.12. The van der Waals surface area contributed by atoms with Crippen LogP contribution in [0.1, 0.15) is 24.8 Å². The molecule has 0 aliphatic heterocycles. The lowest BCUT2D eigenvalue weighted by molar-refractivity contribution is 0.453. The molecular weight excluding hydrogens is 260 g/mol. The molecule has 5 heteroatoms. The molecule has 0 spiro atoms. The van der Waals surface area contributed by atoms with Gasteiger partial charge in [-0.15, -0.1) is 0 Å². The van der Waals surface area contributed by atoms with Crippen LogP contribution in [0, 0.1) is 5.92 Å². The van der Waals surface area contributed by atoms with Crippen LogP contribution >= 0.6 is 0 Å². The SMILES string of the molecule is CN(CC1CC1)S(=O)(=O)c1ccc(CCCN)cc1. The van der Waals surface area contributed by atoms with Gasteiger partial charge in [0, 0.05) is 13.6 Å². The third-order valence-corrected chi connectivity index (χ3v) is 5.35. The van der Waals surface area contributed by atoms with E-state index in [0.717, 1.165) is 31.2 Å². The standard InChI is InChI=1S/C14H22N2O2S/c1-16(11-13-4-5-13)19(17,18)14-8-6-12(7-9-14)3-2-10-15/h6-9,13H,2-5,10-11,15H2,1H3. The van der Waals surface area contributed by atoms with Gasteiger partial charge < -0.3 is 5.73 Å². The molecule has 1 saturated carbocycles. The molecule has 0 amide bonds. The first kappa shape index (κ1) is 14.5. The van der Waals surface area contributed by atoms with Crippen LogP contribution in [0.5, 0.6) is 0 Å². The van der Waals surface area contributed by atoms with E-state index in [1.165, 1.54) is 4.31 Å². The average molecular weight is 282 g/mol. The van der Waals surface area contributed by atoms with E-state index in [1.807, 2.05) is 12.1 Å². The highest BCUT2D eigenvalue weighted by Crippen LogP contribution is 2.31. The maximum atomic E-state index is 12.3. The van der Waals surface area contributed by atoms with Gasteiger partial charge >= 0.3 is 0 Å². The van der Waals surface area contributed by atoms with Crippen LogP contribution in [0.15, 0.2) is 29.2 Å². The molecule has 0 bridgehead atoms. The van der Waals surface area contributed by atoms with Crippen molar-refractivity contribution in [2.45, 2.75) is 30.6 Å². The molecule has 1 fully saturated rings. The zero-order chi connectivity index (χ0) is 13.9. The molecule has 2 N–H and O–H groups in total. The van der Waals surface area contributed by atoms with Crippen molar-refractivity contribution in [2.24, 2.45) is 11.7 Å². The van der Waals surface area contributed by atoms with E-state index in [1.54, 1.807) is 19.2 Å². The van der Waals surface area contributed by atoms with Crippen LogP contribution in [0.25, 0.3) is 0 Å². The molecule has 106 valence electrons. The lowest BCUT2D eigenvalue weighted by atomic mass is 10.1. The molecule has 0 aromatic heterocycles. The first-order valence-corrected chi connectivity index (χ1v) is 8.23. The molecule has 0 saturated heterocycles. The highest BCUT2D eigenvalue weighted by molar-refractivity contribution is 7.89. The van der Waals surface area contributed by atoms with Crippen molar-refractivity contribution in [1.29, 1.82) is 0 Å². The Bertz CT molecular complexity index is 507. The van der Waals surface area contributed by atoms with E-state index < -0.39 is 10.0 Å². The minimum absolute atomic E-state index is 0.382. The van der Waals surface area contributed by atoms with Crippen LogP contribution in [-0.2, 0) is 16.4 Å². The predicted molar refractivity (Wildman–Crippen MR) is 76.4 cm³/mol. The Kier molecular flexibility index (Phi) is 4.60. The van der Waals surface area contributed by atoms with Gasteiger partial charge in [-0.05, 0) is 55.8 Å². The summed E-state index contributed by atoms with van der Waals surface area (Å²) in [5, 5.41) is 0. The second-order valence-corrected chi connectivity index (χ2v) is 7.31. The maximum Gasteiger partial charge on any atom is 0.242 e. The molecule has 1 aliphatic carbocycles. The van der Waals surface area contributed by atoms with Gasteiger partial charge in [0.1, 0.15) is 0 Å². The lowest BCUT2D eigenvalue weighted by Gasteiger charge is -2.17. The predicted octanol–water partition coefficient (Wildman–Crippen LogP) is 1.61. The van der Waals surface area contributed by atoms with Gasteiger partial charge in [0.05, 0.1) is 4.90 Å². The van der Waals surface area contributed by atoms with E-state index in [0.29, 0.717) is 23.9 Å². The summed E-state index contributed by atoms with van der Waals surface area (Å²) >= 11 is 0.